The maximum atomic E-state index is 11.6. The molecule has 1 fully saturated rings. The lowest BCUT2D eigenvalue weighted by molar-refractivity contribution is 0.00108. The molecule has 7 N–H and O–H groups in total. The van der Waals surface area contributed by atoms with Gasteiger partial charge in [-0.2, -0.15) is 18.5 Å². The van der Waals surface area contributed by atoms with Gasteiger partial charge in [0.25, 0.3) is 5.91 Å². The molecule has 1 aromatic heterocycles. The topological polar surface area (TPSA) is 263 Å². The Balaban J connectivity index is 1.95. The quantitative estimate of drug-likeness (QED) is 0.214. The second kappa shape index (κ2) is 8.36. The van der Waals surface area contributed by atoms with Crippen LogP contribution in [0.25, 0.3) is 0 Å². The van der Waals surface area contributed by atoms with Gasteiger partial charge in [-0.3, -0.25) is 9.32 Å². The van der Waals surface area contributed by atoms with Gasteiger partial charge < -0.3 is 35.2 Å². The highest BCUT2D eigenvalue weighted by Crippen LogP contribution is 2.66. The van der Waals surface area contributed by atoms with E-state index in [9.17, 15) is 28.5 Å². The molecule has 28 heavy (non-hydrogen) atoms. The van der Waals surface area contributed by atoms with E-state index in [1.807, 2.05) is 0 Å². The summed E-state index contributed by atoms with van der Waals surface area (Å²) in [4.78, 5) is 47.2. The van der Waals surface area contributed by atoms with E-state index < -0.39 is 54.2 Å². The molecule has 2 rings (SSSR count). The second-order valence-corrected chi connectivity index (χ2v) is 9.65. The van der Waals surface area contributed by atoms with Crippen LogP contribution < -0.4 is 5.73 Å². The molecular weight excluding hydrogens is 453 g/mol. The summed E-state index contributed by atoms with van der Waals surface area (Å²) in [5.41, 5.74) is 4.85. The molecule has 1 amide bonds. The van der Waals surface area contributed by atoms with Crippen molar-refractivity contribution in [1.29, 1.82) is 0 Å². The number of ether oxygens (including phenoxy) is 1. The summed E-state index contributed by atoms with van der Waals surface area (Å²) in [5, 5.41) is 17.6. The molecule has 17 nitrogen and oxygen atoms in total. The van der Waals surface area contributed by atoms with Crippen LogP contribution in [0.1, 0.15) is 16.5 Å². The van der Waals surface area contributed by atoms with Crippen LogP contribution in [0.5, 0.6) is 0 Å². The van der Waals surface area contributed by atoms with Crippen LogP contribution in [-0.4, -0.2) is 71.0 Å². The van der Waals surface area contributed by atoms with Crippen molar-refractivity contribution in [3.8, 4) is 0 Å². The smallest absolute Gasteiger partial charge is 0.388 e. The molecule has 1 aliphatic rings. The van der Waals surface area contributed by atoms with E-state index in [0.29, 0.717) is 0 Å². The number of nitrogens with zero attached hydrogens (tertiary/aromatic N) is 3. The Morgan fingerprint density at radius 1 is 1.25 bits per heavy atom. The number of carbonyl (C=O) groups excluding carboxylic acids is 1. The molecule has 0 aliphatic carbocycles. The summed E-state index contributed by atoms with van der Waals surface area (Å²) in [6.07, 6.45) is -1.60. The number of rotatable bonds is 9. The van der Waals surface area contributed by atoms with Gasteiger partial charge >= 0.3 is 23.5 Å². The third-order valence-corrected chi connectivity index (χ3v) is 6.93. The lowest BCUT2D eigenvalue weighted by Crippen LogP contribution is -2.32. The Labute approximate surface area is 155 Å². The van der Waals surface area contributed by atoms with Gasteiger partial charge in [-0.05, 0) is 0 Å². The third kappa shape index (κ3) is 6.49. The van der Waals surface area contributed by atoms with Gasteiger partial charge in [-0.15, -0.1) is 5.10 Å². The molecular formula is C8H15N4O13P3. The first-order chi connectivity index (χ1) is 12.7. The van der Waals surface area contributed by atoms with E-state index in [0.717, 1.165) is 11.0 Å². The van der Waals surface area contributed by atoms with Crippen LogP contribution in [0.15, 0.2) is 6.20 Å². The SMILES string of the molecule is NC(=O)c1cnn([C@H]2CO[C@H](COP(=O)(O)OP(=O)(O)OP(=O)(O)O)[C@H]2O)n1. The van der Waals surface area contributed by atoms with Crippen LogP contribution >= 0.6 is 23.5 Å². The summed E-state index contributed by atoms with van der Waals surface area (Å²) in [6.45, 7) is -1.04. The molecule has 0 bridgehead atoms. The van der Waals surface area contributed by atoms with Gasteiger partial charge in [0.1, 0.15) is 18.2 Å². The summed E-state index contributed by atoms with van der Waals surface area (Å²) < 4.78 is 50.0. The fraction of sp³-hybridized carbons (Fsp3) is 0.625. The highest BCUT2D eigenvalue weighted by atomic mass is 31.3. The minimum atomic E-state index is -5.65. The predicted octanol–water partition coefficient (Wildman–Crippen LogP) is -1.98. The summed E-state index contributed by atoms with van der Waals surface area (Å²) in [6, 6.07) is -0.914. The van der Waals surface area contributed by atoms with Crippen molar-refractivity contribution in [2.45, 2.75) is 18.2 Å². The maximum Gasteiger partial charge on any atom is 0.490 e. The second-order valence-electron chi connectivity index (χ2n) is 5.23. The zero-order valence-corrected chi connectivity index (χ0v) is 16.2. The molecule has 160 valence electrons. The average molecular weight is 468 g/mol. The summed E-state index contributed by atoms with van der Waals surface area (Å²) in [7, 11) is -16.5. The van der Waals surface area contributed by atoms with E-state index in [1.54, 1.807) is 0 Å². The minimum Gasteiger partial charge on any atom is -0.388 e. The molecule has 5 atom stereocenters. The first-order valence-corrected chi connectivity index (χ1v) is 11.5. The number of carbonyl (C=O) groups is 1. The van der Waals surface area contributed by atoms with Crippen LogP contribution in [0.2, 0.25) is 0 Å². The Bertz CT molecular complexity index is 868. The van der Waals surface area contributed by atoms with Crippen molar-refractivity contribution in [2.75, 3.05) is 13.2 Å². The fourth-order valence-electron chi connectivity index (χ4n) is 2.04. The van der Waals surface area contributed by atoms with Crippen LogP contribution in [0.4, 0.5) is 0 Å². The van der Waals surface area contributed by atoms with Gasteiger partial charge in [-0.25, -0.2) is 13.7 Å². The molecule has 2 unspecified atom stereocenters. The Kier molecular flexibility index (Phi) is 6.93. The molecule has 1 aliphatic heterocycles. The van der Waals surface area contributed by atoms with E-state index in [-0.39, 0.29) is 12.3 Å². The number of aliphatic hydroxyl groups excluding tert-OH is 1. The number of aromatic nitrogens is 3. The number of hydrogen-bond donors (Lipinski definition) is 6. The largest absolute Gasteiger partial charge is 0.490 e. The van der Waals surface area contributed by atoms with Gasteiger partial charge in [0.15, 0.2) is 5.69 Å². The van der Waals surface area contributed by atoms with Crippen LogP contribution in [0, 0.1) is 0 Å². The van der Waals surface area contributed by atoms with E-state index >= 15 is 0 Å². The summed E-state index contributed by atoms with van der Waals surface area (Å²) in [5.74, 6) is -0.858. The van der Waals surface area contributed by atoms with Gasteiger partial charge in [0, 0.05) is 0 Å². The van der Waals surface area contributed by atoms with Crippen molar-refractivity contribution in [2.24, 2.45) is 5.73 Å². The lowest BCUT2D eigenvalue weighted by atomic mass is 10.1. The van der Waals surface area contributed by atoms with E-state index in [4.69, 9.17) is 25.2 Å². The minimum absolute atomic E-state index is 0.177. The van der Waals surface area contributed by atoms with Crippen molar-refractivity contribution in [3.63, 3.8) is 0 Å². The molecule has 0 aromatic carbocycles. The standard InChI is InChI=1S/C8H15N4O13P3/c9-8(14)4-1-10-12(11-4)5-2-22-6(7(5)13)3-23-27(18,19)25-28(20,21)24-26(15,16)17/h1,5-7,13H,2-3H2,(H2,9,14)(H,18,19)(H,20,21)(H2,15,16,17)/t5-,6+,7-/m0/s1. The first-order valence-electron chi connectivity index (χ1n) is 6.99. The van der Waals surface area contributed by atoms with Crippen molar-refractivity contribution >= 4 is 29.4 Å². The number of hydrogen-bond acceptors (Lipinski definition) is 11. The van der Waals surface area contributed by atoms with Crippen molar-refractivity contribution < 1.29 is 61.1 Å². The maximum absolute atomic E-state index is 11.6. The average Bonchev–Trinajstić information content (AvgIpc) is 3.08. The highest BCUT2D eigenvalue weighted by molar-refractivity contribution is 7.66. The Morgan fingerprint density at radius 2 is 1.89 bits per heavy atom. The summed E-state index contributed by atoms with van der Waals surface area (Å²) >= 11 is 0. The van der Waals surface area contributed by atoms with Gasteiger partial charge in [0.05, 0.1) is 19.4 Å². The van der Waals surface area contributed by atoms with Gasteiger partial charge in [-0.1, -0.05) is 0 Å². The number of phosphoric acid groups is 3. The molecule has 20 heteroatoms. The monoisotopic (exact) mass is 468 g/mol. The van der Waals surface area contributed by atoms with E-state index in [2.05, 4.69) is 23.3 Å². The zero-order valence-electron chi connectivity index (χ0n) is 13.5. The molecule has 2 heterocycles. The molecule has 0 spiro atoms. The number of nitrogens with two attached hydrogens (primary N) is 1. The van der Waals surface area contributed by atoms with Crippen LogP contribution in [-0.2, 0) is 31.6 Å². The van der Waals surface area contributed by atoms with Crippen molar-refractivity contribution in [3.05, 3.63) is 11.9 Å². The van der Waals surface area contributed by atoms with Crippen molar-refractivity contribution in [1.82, 2.24) is 15.0 Å². The molecule has 0 radical (unpaired) electrons. The highest BCUT2D eigenvalue weighted by Gasteiger charge is 2.43. The van der Waals surface area contributed by atoms with E-state index in [1.165, 1.54) is 0 Å². The fourth-order valence-corrected chi connectivity index (χ4v) is 5.07. The lowest BCUT2D eigenvalue weighted by Gasteiger charge is -2.19. The Hall–Kier alpha value is -1.06. The van der Waals surface area contributed by atoms with Crippen LogP contribution in [0.3, 0.4) is 0 Å². The molecule has 1 aromatic rings. The number of phosphoric ester groups is 1. The first kappa shape index (κ1) is 23.2. The third-order valence-electron chi connectivity index (χ3n) is 3.13. The number of amides is 1. The number of aliphatic hydroxyl groups is 1. The molecule has 1 saturated heterocycles. The normalized spacial score (nSPS) is 27.2. The number of primary amides is 1. The molecule has 0 saturated carbocycles. The zero-order chi connectivity index (χ0) is 21.3. The Morgan fingerprint density at radius 3 is 2.43 bits per heavy atom. The predicted molar refractivity (Wildman–Crippen MR) is 83.1 cm³/mol. The van der Waals surface area contributed by atoms with Gasteiger partial charge in [0.2, 0.25) is 0 Å².